The van der Waals surface area contributed by atoms with E-state index in [1.165, 1.54) is 0 Å². The van der Waals surface area contributed by atoms with Gasteiger partial charge in [-0.05, 0) is 45.9 Å². The summed E-state index contributed by atoms with van der Waals surface area (Å²) in [6, 6.07) is 5.29. The van der Waals surface area contributed by atoms with Gasteiger partial charge in [0.1, 0.15) is 17.8 Å². The van der Waals surface area contributed by atoms with Gasteiger partial charge in [0.05, 0.1) is 17.2 Å². The lowest BCUT2D eigenvalue weighted by molar-refractivity contribution is 0.178. The highest BCUT2D eigenvalue weighted by Crippen LogP contribution is 2.44. The first kappa shape index (κ1) is 21.8. The van der Waals surface area contributed by atoms with Crippen molar-refractivity contribution < 1.29 is 19.8 Å². The van der Waals surface area contributed by atoms with E-state index in [1.54, 1.807) is 24.3 Å². The van der Waals surface area contributed by atoms with Gasteiger partial charge in [0, 0.05) is 49.2 Å². The van der Waals surface area contributed by atoms with Crippen LogP contribution >= 0.6 is 0 Å². The molecule has 1 aromatic carbocycles. The number of rotatable bonds is 7. The second kappa shape index (κ2) is 8.88. The number of phenols is 1. The number of anilines is 1. The Bertz CT molecular complexity index is 937. The molecule has 2 unspecified atom stereocenters. The number of aliphatic hydroxyl groups is 1. The van der Waals surface area contributed by atoms with Crippen LogP contribution in [0.2, 0.25) is 0 Å². The molecule has 3 rings (SSSR count). The molecule has 0 aromatic heterocycles. The van der Waals surface area contributed by atoms with E-state index >= 15 is 0 Å². The summed E-state index contributed by atoms with van der Waals surface area (Å²) >= 11 is 0. The Morgan fingerprint density at radius 3 is 2.07 bits per heavy atom. The lowest BCUT2D eigenvalue weighted by Gasteiger charge is -2.32. The van der Waals surface area contributed by atoms with E-state index in [1.807, 2.05) is 39.8 Å². The molecule has 2 aliphatic rings. The maximum absolute atomic E-state index is 10.8. The van der Waals surface area contributed by atoms with Crippen LogP contribution in [-0.2, 0) is 0 Å². The first-order valence-electron chi connectivity index (χ1n) is 10.6. The lowest BCUT2D eigenvalue weighted by Crippen LogP contribution is -2.45. The number of ketones is 2. The molecule has 0 spiro atoms. The molecule has 2 aliphatic carbocycles. The van der Waals surface area contributed by atoms with Crippen molar-refractivity contribution in [3.05, 3.63) is 58.8 Å². The number of carbonyl (C=O) groups excluding carboxylic acids is 2. The molecule has 0 aliphatic heterocycles. The van der Waals surface area contributed by atoms with Crippen LogP contribution in [0.15, 0.2) is 53.3 Å². The molecular formula is C24H32N2O4+2. The third-order valence-electron chi connectivity index (χ3n) is 6.06. The van der Waals surface area contributed by atoms with Crippen LogP contribution in [0.25, 0.3) is 0 Å². The predicted molar refractivity (Wildman–Crippen MR) is 121 cm³/mol. The van der Waals surface area contributed by atoms with Crippen molar-refractivity contribution in [2.24, 2.45) is 0 Å². The van der Waals surface area contributed by atoms with Crippen LogP contribution in [0.5, 0.6) is 5.75 Å². The molecule has 1 saturated carbocycles. The van der Waals surface area contributed by atoms with E-state index in [4.69, 9.17) is 0 Å². The highest BCUT2D eigenvalue weighted by Gasteiger charge is 2.54. The maximum Gasteiger partial charge on any atom is 0.349 e. The van der Waals surface area contributed by atoms with Gasteiger partial charge in [-0.3, -0.25) is 9.59 Å². The normalized spacial score (nSPS) is 23.3. The van der Waals surface area contributed by atoms with Crippen molar-refractivity contribution in [3.63, 3.8) is 0 Å². The number of hydrogen-bond donors (Lipinski definition) is 2. The molecule has 0 heterocycles. The first-order valence-corrected chi connectivity index (χ1v) is 10.6. The largest absolute Gasteiger partial charge is 0.508 e. The predicted octanol–water partition coefficient (Wildman–Crippen LogP) is 2.88. The molecule has 6 nitrogen and oxygen atoms in total. The second-order valence-corrected chi connectivity index (χ2v) is 7.51. The zero-order chi connectivity index (χ0) is 22.0. The fourth-order valence-corrected chi connectivity index (χ4v) is 4.27. The minimum Gasteiger partial charge on any atom is -0.508 e. The summed E-state index contributed by atoms with van der Waals surface area (Å²) in [4.78, 5) is 25.5. The van der Waals surface area contributed by atoms with E-state index in [-0.39, 0.29) is 17.3 Å². The summed E-state index contributed by atoms with van der Waals surface area (Å²) in [5.74, 6) is -0.693. The van der Waals surface area contributed by atoms with E-state index in [0.29, 0.717) is 16.7 Å². The maximum atomic E-state index is 10.8. The van der Waals surface area contributed by atoms with Crippen molar-refractivity contribution in [2.75, 3.05) is 31.1 Å². The third-order valence-corrected chi connectivity index (χ3v) is 6.06. The van der Waals surface area contributed by atoms with Crippen LogP contribution in [0.4, 0.5) is 5.69 Å². The molecule has 2 atom stereocenters. The van der Waals surface area contributed by atoms with Crippen molar-refractivity contribution in [1.82, 2.24) is 4.90 Å². The monoisotopic (exact) mass is 412 g/mol. The average molecular weight is 413 g/mol. The smallest absolute Gasteiger partial charge is 0.349 e. The van der Waals surface area contributed by atoms with Crippen molar-refractivity contribution in [1.29, 1.82) is 0 Å². The summed E-state index contributed by atoms with van der Waals surface area (Å²) in [5, 5.41) is 21.3. The standard InChI is InChI=1S/C24H30N2O4/c1-5-25(6-2)15-9-11-17(19(27)13-15)21-23(29)22(24(21)30)18-12-10-16(14-20(18)28)26(7-3)8-4/h9-14,21,23,27,29H,5-8H2,1-4H3/p+2. The second-order valence-electron chi connectivity index (χ2n) is 7.51. The Kier molecular flexibility index (Phi) is 6.46. The SMILES string of the molecule is CCN(CC)C1=CC(=[OH+])C(=C2C(=[OH+])C(c3ccc(N(CC)CC)cc3O)C2O)C=C1. The number of aromatic hydroxyl groups is 1. The zero-order valence-electron chi connectivity index (χ0n) is 18.1. The van der Waals surface area contributed by atoms with Crippen molar-refractivity contribution >= 4 is 17.3 Å². The Morgan fingerprint density at radius 2 is 1.57 bits per heavy atom. The van der Waals surface area contributed by atoms with Gasteiger partial charge < -0.3 is 20.0 Å². The van der Waals surface area contributed by atoms with Crippen LogP contribution in [0, 0.1) is 0 Å². The Labute approximate surface area is 177 Å². The van der Waals surface area contributed by atoms with Gasteiger partial charge in [0.2, 0.25) is 0 Å². The molecule has 160 valence electrons. The van der Waals surface area contributed by atoms with Gasteiger partial charge >= 0.3 is 11.6 Å². The molecular weight excluding hydrogens is 380 g/mol. The topological polar surface area (TPSA) is 89.7 Å². The minimum absolute atomic E-state index is 0.0135. The molecule has 0 saturated heterocycles. The molecule has 4 N–H and O–H groups in total. The van der Waals surface area contributed by atoms with E-state index in [0.717, 1.165) is 37.6 Å². The number of benzene rings is 1. The number of aliphatic hydroxyl groups excluding tert-OH is 1. The van der Waals surface area contributed by atoms with Gasteiger partial charge in [0.25, 0.3) is 0 Å². The zero-order valence-corrected chi connectivity index (χ0v) is 18.1. The Balaban J connectivity index is 1.86. The molecule has 0 amide bonds. The summed E-state index contributed by atoms with van der Waals surface area (Å²) in [6.07, 6.45) is 4.23. The number of allylic oxidation sites excluding steroid dienone is 4. The van der Waals surface area contributed by atoms with Crippen molar-refractivity contribution in [2.45, 2.75) is 39.7 Å². The fraction of sp³-hybridized carbons (Fsp3) is 0.417. The number of phenolic OH excluding ortho intramolecular Hbond substituents is 1. The van der Waals surface area contributed by atoms with Crippen LogP contribution < -0.4 is 4.90 Å². The molecule has 6 heteroatoms. The van der Waals surface area contributed by atoms with Crippen LogP contribution in [0.1, 0.15) is 39.2 Å². The Hall–Kier alpha value is -2.86. The number of nitrogens with zero attached hydrogens (tertiary/aromatic N) is 2. The summed E-state index contributed by atoms with van der Waals surface area (Å²) in [6.45, 7) is 11.4. The lowest BCUT2D eigenvalue weighted by atomic mass is 9.68. The van der Waals surface area contributed by atoms with Gasteiger partial charge in [0.15, 0.2) is 0 Å². The first-order chi connectivity index (χ1) is 14.4. The van der Waals surface area contributed by atoms with E-state index < -0.39 is 12.0 Å². The van der Waals surface area contributed by atoms with Gasteiger partial charge in [-0.2, -0.15) is 0 Å². The minimum atomic E-state index is -1.01. The number of hydrogen-bond acceptors (Lipinski definition) is 4. The highest BCUT2D eigenvalue weighted by atomic mass is 16.3. The average Bonchev–Trinajstić information content (AvgIpc) is 2.73. The number of likely N-dealkylation sites (N-methyl/N-ethyl adjacent to an activating group) is 1. The summed E-state index contributed by atoms with van der Waals surface area (Å²) in [7, 11) is 0. The fourth-order valence-electron chi connectivity index (χ4n) is 4.27. The van der Waals surface area contributed by atoms with E-state index in [9.17, 15) is 19.8 Å². The third kappa shape index (κ3) is 3.67. The van der Waals surface area contributed by atoms with Crippen LogP contribution in [-0.4, -0.2) is 68.6 Å². The summed E-state index contributed by atoms with van der Waals surface area (Å²) < 4.78 is 0. The molecule has 1 fully saturated rings. The molecule has 0 radical (unpaired) electrons. The van der Waals surface area contributed by atoms with Crippen LogP contribution in [0.3, 0.4) is 0 Å². The molecule has 0 bridgehead atoms. The van der Waals surface area contributed by atoms with Crippen molar-refractivity contribution in [3.8, 4) is 5.75 Å². The Morgan fingerprint density at radius 1 is 0.933 bits per heavy atom. The summed E-state index contributed by atoms with van der Waals surface area (Å²) in [5.41, 5.74) is 2.96. The van der Waals surface area contributed by atoms with E-state index in [2.05, 4.69) is 9.80 Å². The van der Waals surface area contributed by atoms with Gasteiger partial charge in [-0.1, -0.05) is 6.07 Å². The molecule has 1 aromatic rings. The van der Waals surface area contributed by atoms with Gasteiger partial charge in [-0.15, -0.1) is 0 Å². The highest BCUT2D eigenvalue weighted by molar-refractivity contribution is 6.20. The quantitative estimate of drug-likeness (QED) is 0.532. The molecule has 30 heavy (non-hydrogen) atoms. The van der Waals surface area contributed by atoms with Gasteiger partial charge in [-0.25, -0.2) is 0 Å².